The van der Waals surface area contributed by atoms with Gasteiger partial charge >= 0.3 is 6.09 Å². The van der Waals surface area contributed by atoms with E-state index in [1.54, 1.807) is 12.0 Å². The molecule has 0 unspecified atom stereocenters. The molecule has 0 aliphatic carbocycles. The van der Waals surface area contributed by atoms with Gasteiger partial charge in [0.05, 0.1) is 25.9 Å². The van der Waals surface area contributed by atoms with Gasteiger partial charge in [0.25, 0.3) is 0 Å². The van der Waals surface area contributed by atoms with E-state index < -0.39 is 5.60 Å². The van der Waals surface area contributed by atoms with Crippen molar-refractivity contribution in [1.82, 2.24) is 4.90 Å². The van der Waals surface area contributed by atoms with Gasteiger partial charge in [0.15, 0.2) is 5.17 Å². The van der Waals surface area contributed by atoms with Crippen LogP contribution in [0.5, 0.6) is 5.75 Å². The Morgan fingerprint density at radius 1 is 1.21 bits per heavy atom. The third-order valence-corrected chi connectivity index (χ3v) is 6.96. The van der Waals surface area contributed by atoms with Gasteiger partial charge in [-0.15, -0.1) is 0 Å². The molecule has 1 amide bonds. The van der Waals surface area contributed by atoms with Crippen LogP contribution >= 0.6 is 11.8 Å². The van der Waals surface area contributed by atoms with E-state index in [1.807, 2.05) is 52.0 Å². The van der Waals surface area contributed by atoms with Crippen LogP contribution in [0.4, 0.5) is 4.79 Å². The van der Waals surface area contributed by atoms with Crippen molar-refractivity contribution in [1.29, 1.82) is 0 Å². The molecular weight excluding hydrogens is 440 g/mol. The van der Waals surface area contributed by atoms with Crippen LogP contribution in [-0.2, 0) is 20.8 Å². The Labute approximate surface area is 202 Å². The van der Waals surface area contributed by atoms with Crippen molar-refractivity contribution in [2.24, 2.45) is 10.9 Å². The molecule has 1 saturated heterocycles. The average molecular weight is 479 g/mol. The summed E-state index contributed by atoms with van der Waals surface area (Å²) in [5.41, 5.74) is 0.334. The number of benzene rings is 1. The predicted octanol–water partition coefficient (Wildman–Crippen LogP) is 5.47. The third-order valence-electron chi connectivity index (χ3n) is 5.81. The summed E-state index contributed by atoms with van der Waals surface area (Å²) in [6, 6.07) is 7.73. The Balaban J connectivity index is 1.79. The second kappa shape index (κ2) is 11.1. The monoisotopic (exact) mass is 478 g/mol. The third kappa shape index (κ3) is 6.43. The Bertz CT molecular complexity index is 823. The molecular formula is C25H38N2O5S. The first-order valence-electron chi connectivity index (χ1n) is 11.8. The van der Waals surface area contributed by atoms with E-state index in [4.69, 9.17) is 23.9 Å². The summed E-state index contributed by atoms with van der Waals surface area (Å²) in [6.07, 6.45) is 1.30. The van der Waals surface area contributed by atoms with Crippen LogP contribution in [0.2, 0.25) is 0 Å². The summed E-state index contributed by atoms with van der Waals surface area (Å²) in [4.78, 5) is 19.5. The number of fused-ring (bicyclic) bond motifs is 1. The second-order valence-electron chi connectivity index (χ2n) is 9.59. The lowest BCUT2D eigenvalue weighted by Gasteiger charge is -2.41. The van der Waals surface area contributed by atoms with Crippen molar-refractivity contribution >= 4 is 23.0 Å². The van der Waals surface area contributed by atoms with Gasteiger partial charge in [0.2, 0.25) is 0 Å². The van der Waals surface area contributed by atoms with E-state index in [0.717, 1.165) is 24.2 Å². The molecule has 1 fully saturated rings. The maximum atomic E-state index is 12.9. The van der Waals surface area contributed by atoms with Crippen molar-refractivity contribution in [3.63, 3.8) is 0 Å². The summed E-state index contributed by atoms with van der Waals surface area (Å²) in [5.74, 6) is 1.00. The molecule has 33 heavy (non-hydrogen) atoms. The van der Waals surface area contributed by atoms with Crippen LogP contribution in [-0.4, -0.2) is 59.1 Å². The molecule has 8 heteroatoms. The number of hydrogen-bond donors (Lipinski definition) is 0. The molecule has 0 aromatic heterocycles. The van der Waals surface area contributed by atoms with Gasteiger partial charge in [-0.1, -0.05) is 44.7 Å². The summed E-state index contributed by atoms with van der Waals surface area (Å²) in [6.45, 7) is 13.0. The number of nitrogens with zero attached hydrogens (tertiary/aromatic N) is 2. The number of hydrogen-bond acceptors (Lipinski definition) is 7. The van der Waals surface area contributed by atoms with Gasteiger partial charge in [-0.25, -0.2) is 4.79 Å². The SMILES string of the molecule is CCCN(C(=O)OC(C)(C)C)C1=N[C@@H]2[C@@H](OCc3ccc(OC)cc3)[C@H](C)[C@@H](CC)O[C@@H]2S1. The quantitative estimate of drug-likeness (QED) is 0.518. The van der Waals surface area contributed by atoms with Crippen LogP contribution in [0.15, 0.2) is 29.3 Å². The molecule has 1 aromatic rings. The smallest absolute Gasteiger partial charge is 0.416 e. The largest absolute Gasteiger partial charge is 0.497 e. The highest BCUT2D eigenvalue weighted by molar-refractivity contribution is 8.14. The number of thioether (sulfide) groups is 1. The Morgan fingerprint density at radius 3 is 2.48 bits per heavy atom. The number of carbonyl (C=O) groups is 1. The van der Waals surface area contributed by atoms with Crippen LogP contribution in [0.1, 0.15) is 59.9 Å². The van der Waals surface area contributed by atoms with Crippen molar-refractivity contribution in [2.75, 3.05) is 13.7 Å². The molecule has 0 spiro atoms. The first kappa shape index (κ1) is 25.8. The minimum absolute atomic E-state index is 0.0790. The fourth-order valence-electron chi connectivity index (χ4n) is 4.12. The summed E-state index contributed by atoms with van der Waals surface area (Å²) in [7, 11) is 1.66. The molecule has 1 aromatic carbocycles. The number of rotatable bonds is 7. The molecule has 2 heterocycles. The zero-order valence-corrected chi connectivity index (χ0v) is 21.7. The van der Waals surface area contributed by atoms with E-state index in [2.05, 4.69) is 13.8 Å². The lowest BCUT2D eigenvalue weighted by atomic mass is 9.88. The van der Waals surface area contributed by atoms with E-state index in [-0.39, 0.29) is 35.7 Å². The Kier molecular flexibility index (Phi) is 8.70. The predicted molar refractivity (Wildman–Crippen MR) is 132 cm³/mol. The van der Waals surface area contributed by atoms with Crippen molar-refractivity contribution < 1.29 is 23.7 Å². The molecule has 0 saturated carbocycles. The van der Waals surface area contributed by atoms with Gasteiger partial charge in [-0.05, 0) is 51.3 Å². The van der Waals surface area contributed by atoms with E-state index in [1.165, 1.54) is 11.8 Å². The molecule has 7 nitrogen and oxygen atoms in total. The lowest BCUT2D eigenvalue weighted by Crippen LogP contribution is -2.51. The van der Waals surface area contributed by atoms with Crippen LogP contribution < -0.4 is 4.74 Å². The summed E-state index contributed by atoms with van der Waals surface area (Å²) in [5, 5.41) is 0.656. The van der Waals surface area contributed by atoms with Gasteiger partial charge < -0.3 is 18.9 Å². The molecule has 5 atom stereocenters. The van der Waals surface area contributed by atoms with Gasteiger partial charge in [-0.3, -0.25) is 9.89 Å². The average Bonchev–Trinajstić information content (AvgIpc) is 3.18. The van der Waals surface area contributed by atoms with Crippen LogP contribution in [0.25, 0.3) is 0 Å². The number of amidine groups is 1. The maximum Gasteiger partial charge on any atom is 0.416 e. The zero-order chi connectivity index (χ0) is 24.2. The Hall–Kier alpha value is -1.77. The van der Waals surface area contributed by atoms with E-state index in [0.29, 0.717) is 18.3 Å². The fraction of sp³-hybridized carbons (Fsp3) is 0.680. The zero-order valence-electron chi connectivity index (χ0n) is 20.9. The number of methoxy groups -OCH3 is 1. The van der Waals surface area contributed by atoms with Gasteiger partial charge in [0.1, 0.15) is 22.8 Å². The van der Waals surface area contributed by atoms with Crippen molar-refractivity contribution in [3.8, 4) is 5.75 Å². The molecule has 3 rings (SSSR count). The van der Waals surface area contributed by atoms with Crippen molar-refractivity contribution in [3.05, 3.63) is 29.8 Å². The number of aliphatic imine (C=N–C) groups is 1. The van der Waals surface area contributed by atoms with Gasteiger partial charge in [-0.2, -0.15) is 0 Å². The molecule has 0 N–H and O–H groups in total. The number of ether oxygens (including phenoxy) is 4. The lowest BCUT2D eigenvalue weighted by molar-refractivity contribution is -0.137. The highest BCUT2D eigenvalue weighted by atomic mass is 32.2. The number of amides is 1. The molecule has 0 bridgehead atoms. The number of carbonyl (C=O) groups excluding carboxylic acids is 1. The summed E-state index contributed by atoms with van der Waals surface area (Å²) < 4.78 is 23.7. The molecule has 2 aliphatic rings. The van der Waals surface area contributed by atoms with Crippen molar-refractivity contribution in [2.45, 2.75) is 90.3 Å². The molecule has 2 aliphatic heterocycles. The standard InChI is InChI=1S/C25H38N2O5S/c1-8-14-27(24(28)32-25(4,5)6)23-26-20-21(16(3)19(9-2)31-22(20)33-23)30-15-17-10-12-18(29-7)13-11-17/h10-13,16,19-22H,8-9,14-15H2,1-7H3/t16-,19-,20-,21+,22-/m1/s1. The highest BCUT2D eigenvalue weighted by Crippen LogP contribution is 2.42. The Morgan fingerprint density at radius 2 is 1.91 bits per heavy atom. The first-order chi connectivity index (χ1) is 15.7. The minimum Gasteiger partial charge on any atom is -0.497 e. The van der Waals surface area contributed by atoms with Crippen LogP contribution in [0.3, 0.4) is 0 Å². The van der Waals surface area contributed by atoms with Gasteiger partial charge in [0, 0.05) is 12.5 Å². The minimum atomic E-state index is -0.567. The van der Waals surface area contributed by atoms with Crippen LogP contribution in [0, 0.1) is 5.92 Å². The fourth-order valence-corrected chi connectivity index (χ4v) is 5.36. The second-order valence-corrected chi connectivity index (χ2v) is 10.7. The summed E-state index contributed by atoms with van der Waals surface area (Å²) >= 11 is 1.50. The van der Waals surface area contributed by atoms with E-state index >= 15 is 0 Å². The molecule has 0 radical (unpaired) electrons. The normalized spacial score (nSPS) is 27.0. The first-order valence-corrected chi connectivity index (χ1v) is 12.7. The molecule has 184 valence electrons. The topological polar surface area (TPSA) is 69.6 Å². The van der Waals surface area contributed by atoms with E-state index in [9.17, 15) is 4.79 Å². The maximum absolute atomic E-state index is 12.9. The highest BCUT2D eigenvalue weighted by Gasteiger charge is 2.49.